The molecule has 6 aromatic rings. The SMILES string of the molecule is Nc1cc2ccccc2[nH]1.S=c1nc[nH]c2nc[nH]c12.S=c1nc[nH]c2nc[nH]c12. The Kier molecular flexibility index (Phi) is 5.59. The molecule has 0 atom stereocenters. The molecule has 0 unspecified atom stereocenters. The lowest BCUT2D eigenvalue weighted by molar-refractivity contribution is 1.18. The molecule has 30 heavy (non-hydrogen) atoms. The Labute approximate surface area is 179 Å². The first kappa shape index (κ1) is 19.4. The highest BCUT2D eigenvalue weighted by Gasteiger charge is 1.95. The number of nitrogens with zero attached hydrogens (tertiary/aromatic N) is 4. The average molecular weight is 437 g/mol. The van der Waals surface area contributed by atoms with Crippen LogP contribution in [-0.2, 0) is 0 Å². The smallest absolute Gasteiger partial charge is 0.159 e. The van der Waals surface area contributed by atoms with Gasteiger partial charge in [-0.1, -0.05) is 42.6 Å². The Bertz CT molecular complexity index is 1410. The molecule has 5 heterocycles. The van der Waals surface area contributed by atoms with Gasteiger partial charge in [-0.25, -0.2) is 19.9 Å². The van der Waals surface area contributed by atoms with Crippen LogP contribution in [0.4, 0.5) is 5.82 Å². The number of H-pyrrole nitrogens is 5. The third kappa shape index (κ3) is 4.24. The van der Waals surface area contributed by atoms with Gasteiger partial charge in [-0.2, -0.15) is 0 Å². The van der Waals surface area contributed by atoms with Gasteiger partial charge >= 0.3 is 0 Å². The third-order valence-corrected chi connectivity index (χ3v) is 4.64. The fourth-order valence-corrected chi connectivity index (χ4v) is 3.08. The van der Waals surface area contributed by atoms with Crippen LogP contribution in [0.1, 0.15) is 0 Å². The van der Waals surface area contributed by atoms with Gasteiger partial charge in [0, 0.05) is 10.9 Å². The van der Waals surface area contributed by atoms with Crippen LogP contribution in [0.15, 0.2) is 55.6 Å². The highest BCUT2D eigenvalue weighted by molar-refractivity contribution is 7.71. The van der Waals surface area contributed by atoms with Gasteiger partial charge in [0.05, 0.1) is 25.3 Å². The zero-order valence-electron chi connectivity index (χ0n) is 15.4. The third-order valence-electron chi connectivity index (χ3n) is 4.02. The largest absolute Gasteiger partial charge is 0.385 e. The summed E-state index contributed by atoms with van der Waals surface area (Å²) in [7, 11) is 0. The molecule has 6 rings (SSSR count). The molecule has 150 valence electrons. The number of nitrogens with two attached hydrogens (primary N) is 1. The molecule has 0 aliphatic carbocycles. The minimum absolute atomic E-state index is 0.547. The molecule has 0 spiro atoms. The number of hydrogen-bond donors (Lipinski definition) is 6. The van der Waals surface area contributed by atoms with Gasteiger partial charge in [0.25, 0.3) is 0 Å². The fraction of sp³-hybridized carbons (Fsp3) is 0. The summed E-state index contributed by atoms with van der Waals surface area (Å²) in [4.78, 5) is 30.2. The summed E-state index contributed by atoms with van der Waals surface area (Å²) >= 11 is 9.81. The summed E-state index contributed by atoms with van der Waals surface area (Å²) in [5.74, 6) is 0.723. The first-order valence-corrected chi connectivity index (χ1v) is 9.50. The van der Waals surface area contributed by atoms with Gasteiger partial charge in [-0.3, -0.25) is 0 Å². The molecule has 5 aromatic heterocycles. The van der Waals surface area contributed by atoms with Crippen LogP contribution in [0.3, 0.4) is 0 Å². The van der Waals surface area contributed by atoms with E-state index in [2.05, 4.69) is 44.9 Å². The maximum absolute atomic E-state index is 5.54. The predicted molar refractivity (Wildman–Crippen MR) is 121 cm³/mol. The van der Waals surface area contributed by atoms with E-state index in [0.29, 0.717) is 9.28 Å². The van der Waals surface area contributed by atoms with Crippen molar-refractivity contribution in [3.05, 3.63) is 64.9 Å². The number of benzene rings is 1. The molecule has 7 N–H and O–H groups in total. The predicted octanol–water partition coefficient (Wildman–Crippen LogP) is 3.78. The van der Waals surface area contributed by atoms with Crippen LogP contribution < -0.4 is 5.73 Å². The van der Waals surface area contributed by atoms with Crippen LogP contribution in [0.25, 0.3) is 33.2 Å². The van der Waals surface area contributed by atoms with Gasteiger partial charge in [-0.05, 0) is 12.1 Å². The van der Waals surface area contributed by atoms with Gasteiger partial charge in [0.2, 0.25) is 0 Å². The van der Waals surface area contributed by atoms with Crippen LogP contribution >= 0.6 is 24.4 Å². The zero-order chi connectivity index (χ0) is 20.9. The highest BCUT2D eigenvalue weighted by atomic mass is 32.1. The second-order valence-electron chi connectivity index (χ2n) is 5.98. The number of aromatic nitrogens is 9. The fourth-order valence-electron chi connectivity index (χ4n) is 2.66. The van der Waals surface area contributed by atoms with E-state index in [9.17, 15) is 0 Å². The molecular weight excluding hydrogens is 420 g/mol. The molecule has 10 nitrogen and oxygen atoms in total. The summed E-state index contributed by atoms with van der Waals surface area (Å²) in [6.07, 6.45) is 6.23. The number of anilines is 1. The molecule has 0 aliphatic rings. The number of nitrogens with one attached hydrogen (secondary N) is 5. The quantitative estimate of drug-likeness (QED) is 0.198. The molecule has 0 fully saturated rings. The number of rotatable bonds is 0. The second kappa shape index (κ2) is 8.63. The molecule has 0 saturated heterocycles. The summed E-state index contributed by atoms with van der Waals surface area (Å²) in [6.45, 7) is 0. The molecule has 1 aromatic carbocycles. The average Bonchev–Trinajstić information content (AvgIpc) is 3.48. The number of aromatic amines is 5. The summed E-state index contributed by atoms with van der Waals surface area (Å²) in [5, 5.41) is 1.17. The Morgan fingerprint density at radius 2 is 1.23 bits per heavy atom. The number of hydrogen-bond acceptors (Lipinski definition) is 7. The Balaban J connectivity index is 0.000000109. The molecular formula is C18H16N10S2. The lowest BCUT2D eigenvalue weighted by Gasteiger charge is -1.84. The molecule has 0 saturated carbocycles. The van der Waals surface area contributed by atoms with Gasteiger partial charge < -0.3 is 30.7 Å². The van der Waals surface area contributed by atoms with Crippen molar-refractivity contribution in [2.75, 3.05) is 5.73 Å². The van der Waals surface area contributed by atoms with Crippen molar-refractivity contribution in [1.82, 2.24) is 44.9 Å². The van der Waals surface area contributed by atoms with Crippen molar-refractivity contribution >= 4 is 63.5 Å². The van der Waals surface area contributed by atoms with Crippen molar-refractivity contribution in [3.8, 4) is 0 Å². The summed E-state index contributed by atoms with van der Waals surface area (Å²) in [6, 6.07) is 9.94. The van der Waals surface area contributed by atoms with Crippen LogP contribution in [0.5, 0.6) is 0 Å². The first-order valence-electron chi connectivity index (χ1n) is 8.68. The summed E-state index contributed by atoms with van der Waals surface area (Å²) < 4.78 is 1.09. The van der Waals surface area contributed by atoms with Crippen molar-refractivity contribution in [2.45, 2.75) is 0 Å². The monoisotopic (exact) mass is 436 g/mol. The standard InChI is InChI=1S/C8H8N2.2C5H4N4S/c9-8-5-6-3-1-2-4-7(6)10-8;2*10-5-3-4(7-1-6-3)8-2-9-5/h1-5,10H,9H2;2*1-2H,(H2,6,7,8,9,10). The first-order chi connectivity index (χ1) is 14.6. The summed E-state index contributed by atoms with van der Waals surface area (Å²) in [5.41, 5.74) is 9.71. The van der Waals surface area contributed by atoms with E-state index < -0.39 is 0 Å². The van der Waals surface area contributed by atoms with Gasteiger partial charge in [0.15, 0.2) is 20.6 Å². The molecule has 12 heteroatoms. The van der Waals surface area contributed by atoms with E-state index in [1.165, 1.54) is 18.0 Å². The normalized spacial score (nSPS) is 10.4. The maximum atomic E-state index is 5.54. The van der Waals surface area contributed by atoms with E-state index in [-0.39, 0.29) is 0 Å². The van der Waals surface area contributed by atoms with Crippen molar-refractivity contribution in [2.24, 2.45) is 0 Å². The van der Waals surface area contributed by atoms with E-state index in [1.54, 1.807) is 12.7 Å². The number of fused-ring (bicyclic) bond motifs is 3. The lowest BCUT2D eigenvalue weighted by Crippen LogP contribution is -1.80. The van der Waals surface area contributed by atoms with E-state index in [1.807, 2.05) is 30.3 Å². The lowest BCUT2D eigenvalue weighted by atomic mass is 10.3. The molecule has 0 aliphatic heterocycles. The van der Waals surface area contributed by atoms with Gasteiger partial charge in [0.1, 0.15) is 16.9 Å². The van der Waals surface area contributed by atoms with Crippen LogP contribution in [0, 0.1) is 9.28 Å². The number of para-hydroxylation sites is 1. The van der Waals surface area contributed by atoms with Crippen LogP contribution in [-0.4, -0.2) is 44.9 Å². The molecule has 0 bridgehead atoms. The van der Waals surface area contributed by atoms with Gasteiger partial charge in [-0.15, -0.1) is 0 Å². The van der Waals surface area contributed by atoms with Crippen molar-refractivity contribution in [3.63, 3.8) is 0 Å². The number of imidazole rings is 2. The second-order valence-corrected chi connectivity index (χ2v) is 6.75. The maximum Gasteiger partial charge on any atom is 0.159 e. The van der Waals surface area contributed by atoms with E-state index in [4.69, 9.17) is 30.2 Å². The van der Waals surface area contributed by atoms with E-state index >= 15 is 0 Å². The highest BCUT2D eigenvalue weighted by Crippen LogP contribution is 2.14. The minimum Gasteiger partial charge on any atom is -0.385 e. The van der Waals surface area contributed by atoms with Crippen LogP contribution in [0.2, 0.25) is 0 Å². The number of nitrogen functional groups attached to an aromatic ring is 1. The minimum atomic E-state index is 0.547. The topological polar surface area (TPSA) is 157 Å². The van der Waals surface area contributed by atoms with Crippen molar-refractivity contribution < 1.29 is 0 Å². The zero-order valence-corrected chi connectivity index (χ0v) is 17.0. The Hall–Kier alpha value is -3.90. The molecule has 0 amide bonds. The van der Waals surface area contributed by atoms with E-state index in [0.717, 1.165) is 33.7 Å². The Morgan fingerprint density at radius 3 is 1.77 bits per heavy atom. The Morgan fingerprint density at radius 1 is 0.700 bits per heavy atom. The molecule has 0 radical (unpaired) electrons. The van der Waals surface area contributed by atoms with Crippen molar-refractivity contribution in [1.29, 1.82) is 0 Å².